The van der Waals surface area contributed by atoms with Crippen molar-refractivity contribution in [3.05, 3.63) is 28.8 Å². The molecule has 27 heavy (non-hydrogen) atoms. The fourth-order valence-corrected chi connectivity index (χ4v) is 5.40. The lowest BCUT2D eigenvalue weighted by Gasteiger charge is -2.31. The predicted octanol–water partition coefficient (Wildman–Crippen LogP) is 2.34. The number of rotatable bonds is 7. The molecule has 8 heteroatoms. The first-order chi connectivity index (χ1) is 12.2. The molecule has 4 N–H and O–H groups in total. The Morgan fingerprint density at radius 2 is 1.74 bits per heavy atom. The minimum absolute atomic E-state index is 0. The van der Waals surface area contributed by atoms with E-state index < -0.39 is 10.0 Å². The third kappa shape index (κ3) is 6.45. The van der Waals surface area contributed by atoms with E-state index in [0.717, 1.165) is 31.2 Å². The van der Waals surface area contributed by atoms with Crippen LogP contribution in [0.5, 0.6) is 0 Å². The van der Waals surface area contributed by atoms with Crippen molar-refractivity contribution in [3.63, 3.8) is 0 Å². The number of hydrogen-bond acceptors (Lipinski definition) is 4. The molecule has 1 aliphatic carbocycles. The van der Waals surface area contributed by atoms with Crippen LogP contribution in [0.2, 0.25) is 0 Å². The van der Waals surface area contributed by atoms with Crippen LogP contribution in [0.15, 0.2) is 17.0 Å². The van der Waals surface area contributed by atoms with Crippen LogP contribution >= 0.6 is 12.4 Å². The number of hydrogen-bond donors (Lipinski definition) is 3. The second-order valence-electron chi connectivity index (χ2n) is 7.33. The van der Waals surface area contributed by atoms with E-state index in [1.165, 1.54) is 0 Å². The topological polar surface area (TPSA) is 101 Å². The Hall–Kier alpha value is -1.15. The maximum atomic E-state index is 12.6. The highest BCUT2D eigenvalue weighted by molar-refractivity contribution is 7.89. The lowest BCUT2D eigenvalue weighted by Crippen LogP contribution is -2.45. The number of carbonyl (C=O) groups is 1. The van der Waals surface area contributed by atoms with Crippen LogP contribution in [-0.2, 0) is 14.8 Å². The Bertz CT molecular complexity index is 730. The highest BCUT2D eigenvalue weighted by Gasteiger charge is 2.25. The summed E-state index contributed by atoms with van der Waals surface area (Å²) in [6, 6.07) is 3.81. The quantitative estimate of drug-likeness (QED) is 0.633. The van der Waals surface area contributed by atoms with Gasteiger partial charge in [-0.3, -0.25) is 4.79 Å². The summed E-state index contributed by atoms with van der Waals surface area (Å²) in [5.74, 6) is 0.192. The van der Waals surface area contributed by atoms with Crippen molar-refractivity contribution in [2.75, 3.05) is 13.1 Å². The monoisotopic (exact) mass is 417 g/mol. The molecule has 1 fully saturated rings. The highest BCUT2D eigenvalue weighted by atomic mass is 35.5. The second-order valence-corrected chi connectivity index (χ2v) is 9.03. The molecule has 0 heterocycles. The molecule has 0 radical (unpaired) electrons. The Balaban J connectivity index is 0.00000364. The van der Waals surface area contributed by atoms with Crippen molar-refractivity contribution in [1.29, 1.82) is 0 Å². The van der Waals surface area contributed by atoms with E-state index >= 15 is 0 Å². The number of amides is 1. The zero-order valence-electron chi connectivity index (χ0n) is 16.4. The Morgan fingerprint density at radius 1 is 1.15 bits per heavy atom. The summed E-state index contributed by atoms with van der Waals surface area (Å²) in [4.78, 5) is 12.5. The van der Waals surface area contributed by atoms with Gasteiger partial charge in [-0.25, -0.2) is 13.1 Å². The van der Waals surface area contributed by atoms with Gasteiger partial charge in [-0.15, -0.1) is 12.4 Å². The predicted molar refractivity (Wildman–Crippen MR) is 111 cm³/mol. The van der Waals surface area contributed by atoms with Crippen molar-refractivity contribution in [1.82, 2.24) is 10.0 Å². The van der Waals surface area contributed by atoms with E-state index in [9.17, 15) is 13.2 Å². The SMILES string of the molecule is Cc1cc(C)c(S(=O)(=O)NCCC(=O)NC2CCCCC2CN)c(C)c1.Cl. The van der Waals surface area contributed by atoms with Gasteiger partial charge in [0.05, 0.1) is 4.90 Å². The number of aryl methyl sites for hydroxylation is 3. The normalized spacial score (nSPS) is 20.0. The summed E-state index contributed by atoms with van der Waals surface area (Å²) >= 11 is 0. The molecule has 1 aliphatic rings. The molecule has 2 atom stereocenters. The van der Waals surface area contributed by atoms with Crippen LogP contribution in [0, 0.1) is 26.7 Å². The highest BCUT2D eigenvalue weighted by Crippen LogP contribution is 2.24. The van der Waals surface area contributed by atoms with Gasteiger partial charge < -0.3 is 11.1 Å². The number of benzene rings is 1. The number of nitrogens with one attached hydrogen (secondary N) is 2. The molecule has 2 rings (SSSR count). The van der Waals surface area contributed by atoms with Gasteiger partial charge in [0.2, 0.25) is 15.9 Å². The minimum atomic E-state index is -3.63. The third-order valence-corrected chi connectivity index (χ3v) is 6.84. The summed E-state index contributed by atoms with van der Waals surface area (Å²) in [6.45, 7) is 6.17. The van der Waals surface area contributed by atoms with E-state index in [0.29, 0.717) is 28.5 Å². The van der Waals surface area contributed by atoms with Crippen LogP contribution in [0.3, 0.4) is 0 Å². The van der Waals surface area contributed by atoms with Crippen LogP contribution in [0.1, 0.15) is 48.8 Å². The average Bonchev–Trinajstić information content (AvgIpc) is 2.53. The second kappa shape index (κ2) is 10.4. The van der Waals surface area contributed by atoms with Crippen molar-refractivity contribution < 1.29 is 13.2 Å². The average molecular weight is 418 g/mol. The van der Waals surface area contributed by atoms with E-state index in [1.807, 2.05) is 19.1 Å². The van der Waals surface area contributed by atoms with Crippen LogP contribution in [0.4, 0.5) is 0 Å². The van der Waals surface area contributed by atoms with Gasteiger partial charge in [0.15, 0.2) is 0 Å². The Labute approximate surface area is 169 Å². The van der Waals surface area contributed by atoms with Crippen LogP contribution in [-0.4, -0.2) is 33.5 Å². The van der Waals surface area contributed by atoms with Gasteiger partial charge in [0.25, 0.3) is 0 Å². The van der Waals surface area contributed by atoms with Crippen molar-refractivity contribution >= 4 is 28.3 Å². The Morgan fingerprint density at radius 3 is 2.33 bits per heavy atom. The standard InChI is InChI=1S/C19H31N3O3S.ClH/c1-13-10-14(2)19(15(3)11-13)26(24,25)21-9-8-18(23)22-17-7-5-4-6-16(17)12-20;/h10-11,16-17,21H,4-9,12,20H2,1-3H3,(H,22,23);1H. The molecular weight excluding hydrogens is 386 g/mol. The van der Waals surface area contributed by atoms with Crippen molar-refractivity contribution in [2.45, 2.75) is 63.8 Å². The lowest BCUT2D eigenvalue weighted by atomic mass is 9.84. The van der Waals surface area contributed by atoms with E-state index in [4.69, 9.17) is 5.73 Å². The molecule has 0 aromatic heterocycles. The maximum Gasteiger partial charge on any atom is 0.241 e. The molecule has 6 nitrogen and oxygen atoms in total. The van der Waals surface area contributed by atoms with Gasteiger partial charge in [0, 0.05) is 19.0 Å². The first-order valence-electron chi connectivity index (χ1n) is 9.31. The molecular formula is C19H32ClN3O3S. The van der Waals surface area contributed by atoms with Gasteiger partial charge in [0.1, 0.15) is 0 Å². The van der Waals surface area contributed by atoms with Crippen molar-refractivity contribution in [2.24, 2.45) is 11.7 Å². The zero-order chi connectivity index (χ0) is 19.3. The third-order valence-electron chi connectivity index (χ3n) is 5.08. The van der Waals surface area contributed by atoms with Crippen LogP contribution < -0.4 is 15.8 Å². The molecule has 0 bridgehead atoms. The molecule has 0 aliphatic heterocycles. The van der Waals surface area contributed by atoms with Gasteiger partial charge >= 0.3 is 0 Å². The molecule has 154 valence electrons. The molecule has 2 unspecified atom stereocenters. The number of sulfonamides is 1. The first-order valence-corrected chi connectivity index (χ1v) is 10.8. The smallest absolute Gasteiger partial charge is 0.241 e. The summed E-state index contributed by atoms with van der Waals surface area (Å²) in [6.07, 6.45) is 4.36. The molecule has 1 saturated carbocycles. The Kier molecular flexibility index (Phi) is 9.21. The van der Waals surface area contributed by atoms with E-state index in [-0.39, 0.29) is 37.3 Å². The summed E-state index contributed by atoms with van der Waals surface area (Å²) in [5.41, 5.74) is 8.25. The van der Waals surface area contributed by atoms with Gasteiger partial charge in [-0.2, -0.15) is 0 Å². The molecule has 0 saturated heterocycles. The molecule has 0 spiro atoms. The first kappa shape index (κ1) is 23.9. The van der Waals surface area contributed by atoms with Crippen LogP contribution in [0.25, 0.3) is 0 Å². The molecule has 1 aromatic rings. The van der Waals surface area contributed by atoms with Gasteiger partial charge in [-0.05, 0) is 57.2 Å². The lowest BCUT2D eigenvalue weighted by molar-refractivity contribution is -0.122. The maximum absolute atomic E-state index is 12.6. The van der Waals surface area contributed by atoms with Crippen molar-refractivity contribution in [3.8, 4) is 0 Å². The fraction of sp³-hybridized carbons (Fsp3) is 0.632. The molecule has 1 amide bonds. The summed E-state index contributed by atoms with van der Waals surface area (Å²) in [5, 5.41) is 3.02. The number of carbonyl (C=O) groups excluding carboxylic acids is 1. The summed E-state index contributed by atoms with van der Waals surface area (Å²) < 4.78 is 27.7. The molecule has 1 aromatic carbocycles. The minimum Gasteiger partial charge on any atom is -0.353 e. The zero-order valence-corrected chi connectivity index (χ0v) is 18.0. The largest absolute Gasteiger partial charge is 0.353 e. The number of nitrogens with two attached hydrogens (primary N) is 1. The van der Waals surface area contributed by atoms with E-state index in [1.54, 1.807) is 13.8 Å². The van der Waals surface area contributed by atoms with E-state index in [2.05, 4.69) is 10.0 Å². The number of halogens is 1. The van der Waals surface area contributed by atoms with Gasteiger partial charge in [-0.1, -0.05) is 30.5 Å². The fourth-order valence-electron chi connectivity index (χ4n) is 3.92. The summed E-state index contributed by atoms with van der Waals surface area (Å²) in [7, 11) is -3.63.